The molecule has 312 valence electrons. The zero-order chi connectivity index (χ0) is 39.3. The van der Waals surface area contributed by atoms with Gasteiger partial charge in [-0.25, -0.2) is 4.57 Å². The van der Waals surface area contributed by atoms with Crippen LogP contribution >= 0.6 is 7.82 Å². The van der Waals surface area contributed by atoms with Gasteiger partial charge in [-0.05, 0) is 38.5 Å². The molecule has 3 atom stereocenters. The highest BCUT2D eigenvalue weighted by Gasteiger charge is 2.28. The maximum Gasteiger partial charge on any atom is 0.472 e. The number of allylic oxidation sites excluding steroid dienone is 2. The third-order valence-electron chi connectivity index (χ3n) is 9.26. The molecule has 0 aliphatic carbocycles. The van der Waals surface area contributed by atoms with E-state index < -0.39 is 51.1 Å². The highest BCUT2D eigenvalue weighted by atomic mass is 31.2. The molecule has 12 heteroatoms. The van der Waals surface area contributed by atoms with Crippen molar-refractivity contribution in [1.29, 1.82) is 0 Å². The van der Waals surface area contributed by atoms with Crippen LogP contribution in [0.15, 0.2) is 12.2 Å². The number of hydrogen-bond donors (Lipinski definition) is 3. The Morgan fingerprint density at radius 1 is 0.566 bits per heavy atom. The van der Waals surface area contributed by atoms with E-state index in [1.807, 2.05) is 0 Å². The largest absolute Gasteiger partial charge is 0.480 e. The summed E-state index contributed by atoms with van der Waals surface area (Å²) in [5.41, 5.74) is 5.33. The first-order valence-corrected chi connectivity index (χ1v) is 22.7. The lowest BCUT2D eigenvalue weighted by atomic mass is 10.0. The van der Waals surface area contributed by atoms with E-state index in [1.54, 1.807) is 0 Å². The fourth-order valence-corrected chi connectivity index (χ4v) is 6.66. The molecule has 0 bridgehead atoms. The molecule has 0 spiro atoms. The number of nitrogens with two attached hydrogens (primary N) is 1. The minimum atomic E-state index is -4.71. The van der Waals surface area contributed by atoms with Crippen molar-refractivity contribution in [3.05, 3.63) is 12.2 Å². The SMILES string of the molecule is CCCCCCCC/C=C/CCCCCCCC(=O)O[C@H](COC(=O)CCCCCCCCCCCCCCCC)COP(=O)(O)OC[C@H](N)C(=O)O. The fraction of sp³-hybridized carbons (Fsp3) is 0.878. The molecule has 53 heavy (non-hydrogen) atoms. The number of rotatable bonds is 40. The predicted molar refractivity (Wildman–Crippen MR) is 213 cm³/mol. The van der Waals surface area contributed by atoms with E-state index in [9.17, 15) is 23.8 Å². The van der Waals surface area contributed by atoms with Crippen LogP contribution in [0.4, 0.5) is 0 Å². The van der Waals surface area contributed by atoms with Gasteiger partial charge >= 0.3 is 25.7 Å². The van der Waals surface area contributed by atoms with Gasteiger partial charge in [-0.3, -0.25) is 23.4 Å². The molecule has 4 N–H and O–H groups in total. The molecule has 0 radical (unpaired) electrons. The Labute approximate surface area is 322 Å². The van der Waals surface area contributed by atoms with Crippen molar-refractivity contribution in [1.82, 2.24) is 0 Å². The number of ether oxygens (including phenoxy) is 2. The molecule has 0 fully saturated rings. The number of unbranched alkanes of at least 4 members (excludes halogenated alkanes) is 24. The van der Waals surface area contributed by atoms with Crippen LogP contribution < -0.4 is 5.73 Å². The van der Waals surface area contributed by atoms with Gasteiger partial charge < -0.3 is 25.2 Å². The number of carboxylic acids is 1. The normalized spacial score (nSPS) is 13.9. The number of carbonyl (C=O) groups excluding carboxylic acids is 2. The first-order valence-electron chi connectivity index (χ1n) is 21.2. The summed E-state index contributed by atoms with van der Waals surface area (Å²) in [7, 11) is -4.71. The standard InChI is InChI=1S/C41H78NO10P/c1-3-5-7-9-11-13-15-17-19-21-23-25-27-29-31-33-40(44)52-37(35-50-53(47,48)51-36-38(42)41(45)46)34-49-39(43)32-30-28-26-24-22-20-18-16-14-12-10-8-6-4-2/h17,19,37-38H,3-16,18,20-36,42H2,1-2H3,(H,45,46)(H,47,48)/b19-17+/t37-,38+/m1/s1. The topological polar surface area (TPSA) is 172 Å². The Bertz CT molecular complexity index is 963. The van der Waals surface area contributed by atoms with E-state index in [1.165, 1.54) is 103 Å². The zero-order valence-corrected chi connectivity index (χ0v) is 34.5. The molecule has 0 aromatic heterocycles. The Balaban J connectivity index is 4.37. The van der Waals surface area contributed by atoms with E-state index in [4.69, 9.17) is 24.8 Å². The molecule has 0 amide bonds. The number of phosphoric ester groups is 1. The van der Waals surface area contributed by atoms with Crippen molar-refractivity contribution in [2.75, 3.05) is 19.8 Å². The summed E-state index contributed by atoms with van der Waals surface area (Å²) in [6.45, 7) is 2.80. The summed E-state index contributed by atoms with van der Waals surface area (Å²) in [5, 5.41) is 8.87. The van der Waals surface area contributed by atoms with E-state index in [-0.39, 0.29) is 19.4 Å². The smallest absolute Gasteiger partial charge is 0.472 e. The number of hydrogen-bond acceptors (Lipinski definition) is 9. The third-order valence-corrected chi connectivity index (χ3v) is 10.2. The molecule has 0 rings (SSSR count). The lowest BCUT2D eigenvalue weighted by Gasteiger charge is -2.20. The van der Waals surface area contributed by atoms with Crippen LogP contribution in [0.25, 0.3) is 0 Å². The van der Waals surface area contributed by atoms with Gasteiger partial charge in [0.05, 0.1) is 13.2 Å². The molecule has 0 heterocycles. The van der Waals surface area contributed by atoms with E-state index >= 15 is 0 Å². The minimum absolute atomic E-state index is 0.155. The second kappa shape index (κ2) is 37.2. The fourth-order valence-electron chi connectivity index (χ4n) is 5.88. The molecular formula is C41H78NO10P. The van der Waals surface area contributed by atoms with Crippen molar-refractivity contribution in [3.8, 4) is 0 Å². The number of carboxylic acid groups (broad SMARTS) is 1. The maximum atomic E-state index is 12.6. The van der Waals surface area contributed by atoms with Gasteiger partial charge in [0.2, 0.25) is 0 Å². The number of carbonyl (C=O) groups is 3. The molecular weight excluding hydrogens is 697 g/mol. The average molecular weight is 776 g/mol. The van der Waals surface area contributed by atoms with Crippen LogP contribution in [0, 0.1) is 0 Å². The third kappa shape index (κ3) is 36.9. The summed E-state index contributed by atoms with van der Waals surface area (Å²) in [5.74, 6) is -2.38. The van der Waals surface area contributed by atoms with Gasteiger partial charge in [-0.1, -0.05) is 161 Å². The van der Waals surface area contributed by atoms with Crippen LogP contribution in [0.3, 0.4) is 0 Å². The monoisotopic (exact) mass is 776 g/mol. The van der Waals surface area contributed by atoms with Crippen LogP contribution in [0.2, 0.25) is 0 Å². The van der Waals surface area contributed by atoms with Gasteiger partial charge in [0, 0.05) is 12.8 Å². The molecule has 0 aliphatic rings. The first kappa shape index (κ1) is 51.2. The molecule has 0 aromatic carbocycles. The molecule has 0 aliphatic heterocycles. The van der Waals surface area contributed by atoms with Gasteiger partial charge in [-0.2, -0.15) is 0 Å². The van der Waals surface area contributed by atoms with Gasteiger partial charge in [0.1, 0.15) is 12.6 Å². The Hall–Kier alpha value is -1.78. The summed E-state index contributed by atoms with van der Waals surface area (Å²) in [6.07, 6.45) is 35.6. The first-order chi connectivity index (χ1) is 25.6. The molecule has 0 saturated heterocycles. The zero-order valence-electron chi connectivity index (χ0n) is 33.6. The van der Waals surface area contributed by atoms with Crippen molar-refractivity contribution in [3.63, 3.8) is 0 Å². The van der Waals surface area contributed by atoms with Gasteiger partial charge in [0.15, 0.2) is 6.10 Å². The van der Waals surface area contributed by atoms with E-state index in [2.05, 4.69) is 30.5 Å². The van der Waals surface area contributed by atoms with Crippen molar-refractivity contribution in [2.45, 2.75) is 212 Å². The highest BCUT2D eigenvalue weighted by Crippen LogP contribution is 2.43. The molecule has 0 aromatic rings. The van der Waals surface area contributed by atoms with Crippen molar-refractivity contribution in [2.24, 2.45) is 5.73 Å². The Morgan fingerprint density at radius 2 is 0.943 bits per heavy atom. The quantitative estimate of drug-likeness (QED) is 0.0234. The van der Waals surface area contributed by atoms with E-state index in [0.717, 1.165) is 57.8 Å². The average Bonchev–Trinajstić information content (AvgIpc) is 3.13. The van der Waals surface area contributed by atoms with Crippen molar-refractivity contribution >= 4 is 25.7 Å². The number of aliphatic carboxylic acids is 1. The van der Waals surface area contributed by atoms with E-state index in [0.29, 0.717) is 12.8 Å². The number of phosphoric acid groups is 1. The Kier molecular flexibility index (Phi) is 35.9. The van der Waals surface area contributed by atoms with Gasteiger partial charge in [-0.15, -0.1) is 0 Å². The van der Waals surface area contributed by atoms with Crippen LogP contribution in [-0.4, -0.2) is 59.9 Å². The lowest BCUT2D eigenvalue weighted by molar-refractivity contribution is -0.161. The highest BCUT2D eigenvalue weighted by molar-refractivity contribution is 7.47. The predicted octanol–water partition coefficient (Wildman–Crippen LogP) is 10.9. The number of esters is 2. The second-order valence-electron chi connectivity index (χ2n) is 14.5. The summed E-state index contributed by atoms with van der Waals surface area (Å²) >= 11 is 0. The Morgan fingerprint density at radius 3 is 1.38 bits per heavy atom. The van der Waals surface area contributed by atoms with Crippen LogP contribution in [0.1, 0.15) is 200 Å². The lowest BCUT2D eigenvalue weighted by Crippen LogP contribution is -2.34. The summed E-state index contributed by atoms with van der Waals surface area (Å²) < 4.78 is 32.6. The second-order valence-corrected chi connectivity index (χ2v) is 15.9. The molecule has 11 nitrogen and oxygen atoms in total. The van der Waals surface area contributed by atoms with Crippen LogP contribution in [-0.2, 0) is 37.5 Å². The van der Waals surface area contributed by atoms with Crippen LogP contribution in [0.5, 0.6) is 0 Å². The summed E-state index contributed by atoms with van der Waals surface area (Å²) in [6, 6.07) is -1.52. The summed E-state index contributed by atoms with van der Waals surface area (Å²) in [4.78, 5) is 45.9. The molecule has 1 unspecified atom stereocenters. The van der Waals surface area contributed by atoms with Gasteiger partial charge in [0.25, 0.3) is 0 Å². The maximum absolute atomic E-state index is 12.6. The molecule has 0 saturated carbocycles. The van der Waals surface area contributed by atoms with Crippen molar-refractivity contribution < 1.29 is 47.5 Å². The minimum Gasteiger partial charge on any atom is -0.480 e.